The zero-order valence-corrected chi connectivity index (χ0v) is 19.7. The second-order valence-corrected chi connectivity index (χ2v) is 9.50. The van der Waals surface area contributed by atoms with Gasteiger partial charge in [0.1, 0.15) is 5.82 Å². The van der Waals surface area contributed by atoms with Crippen molar-refractivity contribution in [1.82, 2.24) is 29.4 Å². The summed E-state index contributed by atoms with van der Waals surface area (Å²) in [5.41, 5.74) is 3.62. The number of aryl methyl sites for hydroxylation is 2. The van der Waals surface area contributed by atoms with Gasteiger partial charge in [-0.1, -0.05) is 41.6 Å². The molecule has 0 radical (unpaired) electrons. The SMILES string of the molecule is C=CCn1c(SCc2cccc(Cl)c2)nnc1C1CCN(Cc2cn(C)nc2C)CC1. The number of benzene rings is 1. The maximum atomic E-state index is 6.12. The van der Waals surface area contributed by atoms with Gasteiger partial charge in [0.25, 0.3) is 0 Å². The third-order valence-electron chi connectivity index (χ3n) is 5.78. The summed E-state index contributed by atoms with van der Waals surface area (Å²) >= 11 is 7.82. The number of hydrogen-bond acceptors (Lipinski definition) is 5. The normalized spacial score (nSPS) is 15.5. The fourth-order valence-corrected chi connectivity index (χ4v) is 5.29. The lowest BCUT2D eigenvalue weighted by atomic mass is 9.95. The second kappa shape index (κ2) is 10.0. The number of nitrogens with zero attached hydrogens (tertiary/aromatic N) is 6. The molecule has 0 spiro atoms. The first-order valence-corrected chi connectivity index (χ1v) is 12.0. The Morgan fingerprint density at radius 2 is 2.06 bits per heavy atom. The minimum atomic E-state index is 0.430. The van der Waals surface area contributed by atoms with Crippen LogP contribution >= 0.6 is 23.4 Å². The van der Waals surface area contributed by atoms with Crippen LogP contribution in [0.25, 0.3) is 0 Å². The van der Waals surface area contributed by atoms with Gasteiger partial charge in [-0.15, -0.1) is 16.8 Å². The van der Waals surface area contributed by atoms with Gasteiger partial charge < -0.3 is 4.57 Å². The van der Waals surface area contributed by atoms with Gasteiger partial charge in [0.05, 0.1) is 5.69 Å². The lowest BCUT2D eigenvalue weighted by Crippen LogP contribution is -2.33. The highest BCUT2D eigenvalue weighted by Gasteiger charge is 2.26. The van der Waals surface area contributed by atoms with Gasteiger partial charge in [0, 0.05) is 48.6 Å². The van der Waals surface area contributed by atoms with Gasteiger partial charge in [-0.05, 0) is 50.6 Å². The van der Waals surface area contributed by atoms with Crippen molar-refractivity contribution in [2.75, 3.05) is 13.1 Å². The van der Waals surface area contributed by atoms with E-state index in [2.05, 4.69) is 50.5 Å². The number of allylic oxidation sites excluding steroid dienone is 1. The second-order valence-electron chi connectivity index (χ2n) is 8.12. The molecule has 1 aliphatic rings. The third kappa shape index (κ3) is 5.40. The van der Waals surface area contributed by atoms with Crippen molar-refractivity contribution in [3.05, 3.63) is 70.8 Å². The molecule has 164 valence electrons. The van der Waals surface area contributed by atoms with Crippen LogP contribution in [-0.4, -0.2) is 42.5 Å². The summed E-state index contributed by atoms with van der Waals surface area (Å²) < 4.78 is 4.13. The molecule has 2 aromatic heterocycles. The molecule has 1 aliphatic heterocycles. The van der Waals surface area contributed by atoms with Gasteiger partial charge in [-0.3, -0.25) is 9.58 Å². The molecule has 0 bridgehead atoms. The maximum Gasteiger partial charge on any atom is 0.191 e. The highest BCUT2D eigenvalue weighted by Crippen LogP contribution is 2.31. The molecule has 3 aromatic rings. The Kier molecular flexibility index (Phi) is 7.15. The van der Waals surface area contributed by atoms with Crippen LogP contribution in [0.15, 0.2) is 48.3 Å². The first kappa shape index (κ1) is 22.1. The Morgan fingerprint density at radius 3 is 2.74 bits per heavy atom. The first-order chi connectivity index (χ1) is 15.0. The molecule has 6 nitrogen and oxygen atoms in total. The molecule has 8 heteroatoms. The molecule has 1 saturated heterocycles. The van der Waals surface area contributed by atoms with E-state index in [0.717, 1.165) is 66.5 Å². The molecule has 0 atom stereocenters. The van der Waals surface area contributed by atoms with Gasteiger partial charge >= 0.3 is 0 Å². The molecule has 0 saturated carbocycles. The van der Waals surface area contributed by atoms with Crippen LogP contribution in [0.1, 0.15) is 41.4 Å². The van der Waals surface area contributed by atoms with E-state index in [9.17, 15) is 0 Å². The number of halogens is 1. The Morgan fingerprint density at radius 1 is 1.26 bits per heavy atom. The summed E-state index contributed by atoms with van der Waals surface area (Å²) in [6.45, 7) is 9.85. The summed E-state index contributed by atoms with van der Waals surface area (Å²) in [6, 6.07) is 7.98. The molecule has 31 heavy (non-hydrogen) atoms. The molecule has 1 aromatic carbocycles. The average molecular weight is 457 g/mol. The van der Waals surface area contributed by atoms with Crippen LogP contribution in [0, 0.1) is 6.92 Å². The number of piperidine rings is 1. The van der Waals surface area contributed by atoms with Crippen LogP contribution in [0.4, 0.5) is 0 Å². The molecule has 3 heterocycles. The molecular formula is C23H29ClN6S. The Bertz CT molecular complexity index is 1030. The van der Waals surface area contributed by atoms with Crippen LogP contribution in [0.2, 0.25) is 5.02 Å². The standard InChI is InChI=1S/C23H29ClN6S/c1-4-10-30-22(25-26-23(30)31-16-18-6-5-7-21(24)13-18)19-8-11-29(12-9-19)15-20-14-28(3)27-17(20)2/h4-7,13-14,19H,1,8-12,15-16H2,2-3H3. The van der Waals surface area contributed by atoms with Crippen molar-refractivity contribution in [3.63, 3.8) is 0 Å². The Labute approximate surface area is 193 Å². The van der Waals surface area contributed by atoms with Crippen LogP contribution in [-0.2, 0) is 25.9 Å². The molecular weight excluding hydrogens is 428 g/mol. The first-order valence-electron chi connectivity index (χ1n) is 10.7. The van der Waals surface area contributed by atoms with E-state index in [0.29, 0.717) is 5.92 Å². The van der Waals surface area contributed by atoms with Crippen molar-refractivity contribution in [2.45, 2.75) is 49.7 Å². The fraction of sp³-hybridized carbons (Fsp3) is 0.435. The Balaban J connectivity index is 1.40. The third-order valence-corrected chi connectivity index (χ3v) is 7.05. The van der Waals surface area contributed by atoms with Crippen LogP contribution in [0.3, 0.4) is 0 Å². The summed E-state index contributed by atoms with van der Waals surface area (Å²) in [6.07, 6.45) is 6.24. The number of hydrogen-bond donors (Lipinski definition) is 0. The number of aromatic nitrogens is 5. The lowest BCUT2D eigenvalue weighted by Gasteiger charge is -2.31. The van der Waals surface area contributed by atoms with Crippen molar-refractivity contribution in [1.29, 1.82) is 0 Å². The van der Waals surface area contributed by atoms with E-state index in [4.69, 9.17) is 11.6 Å². The van der Waals surface area contributed by atoms with Gasteiger partial charge in [0.2, 0.25) is 0 Å². The molecule has 1 fully saturated rings. The number of rotatable bonds is 8. The molecule has 0 N–H and O–H groups in total. The zero-order chi connectivity index (χ0) is 21.8. The van der Waals surface area contributed by atoms with E-state index >= 15 is 0 Å². The summed E-state index contributed by atoms with van der Waals surface area (Å²) in [5, 5.41) is 15.3. The molecule has 0 amide bonds. The van der Waals surface area contributed by atoms with Crippen LogP contribution in [0.5, 0.6) is 0 Å². The quantitative estimate of drug-likeness (QED) is 0.359. The lowest BCUT2D eigenvalue weighted by molar-refractivity contribution is 0.199. The van der Waals surface area contributed by atoms with E-state index < -0.39 is 0 Å². The zero-order valence-electron chi connectivity index (χ0n) is 18.2. The van der Waals surface area contributed by atoms with Crippen molar-refractivity contribution >= 4 is 23.4 Å². The molecule has 0 aliphatic carbocycles. The highest BCUT2D eigenvalue weighted by atomic mass is 35.5. The molecule has 4 rings (SSSR count). The fourth-order valence-electron chi connectivity index (χ4n) is 4.18. The average Bonchev–Trinajstić information content (AvgIpc) is 3.29. The summed E-state index contributed by atoms with van der Waals surface area (Å²) in [4.78, 5) is 2.52. The van der Waals surface area contributed by atoms with Crippen LogP contribution < -0.4 is 0 Å². The van der Waals surface area contributed by atoms with Gasteiger partial charge in [-0.25, -0.2) is 0 Å². The van der Waals surface area contributed by atoms with Crippen molar-refractivity contribution in [3.8, 4) is 0 Å². The minimum absolute atomic E-state index is 0.430. The van der Waals surface area contributed by atoms with E-state index in [-0.39, 0.29) is 0 Å². The maximum absolute atomic E-state index is 6.12. The molecule has 0 unspecified atom stereocenters. The topological polar surface area (TPSA) is 51.8 Å². The largest absolute Gasteiger partial charge is 0.302 e. The Hall–Kier alpha value is -2.09. The summed E-state index contributed by atoms with van der Waals surface area (Å²) in [7, 11) is 1.98. The number of likely N-dealkylation sites (tertiary alicyclic amines) is 1. The minimum Gasteiger partial charge on any atom is -0.302 e. The highest BCUT2D eigenvalue weighted by molar-refractivity contribution is 7.98. The van der Waals surface area contributed by atoms with Gasteiger partial charge in [-0.2, -0.15) is 5.10 Å². The van der Waals surface area contributed by atoms with Gasteiger partial charge in [0.15, 0.2) is 5.16 Å². The predicted octanol–water partition coefficient (Wildman–Crippen LogP) is 4.83. The van der Waals surface area contributed by atoms with E-state index in [1.807, 2.05) is 36.0 Å². The van der Waals surface area contributed by atoms with E-state index in [1.165, 1.54) is 11.1 Å². The van der Waals surface area contributed by atoms with Crippen molar-refractivity contribution < 1.29 is 0 Å². The van der Waals surface area contributed by atoms with Crippen molar-refractivity contribution in [2.24, 2.45) is 7.05 Å². The summed E-state index contributed by atoms with van der Waals surface area (Å²) in [5.74, 6) is 2.34. The number of thioether (sulfide) groups is 1. The monoisotopic (exact) mass is 456 g/mol. The smallest absolute Gasteiger partial charge is 0.191 e. The van der Waals surface area contributed by atoms with E-state index in [1.54, 1.807) is 11.8 Å². The predicted molar refractivity (Wildman–Crippen MR) is 126 cm³/mol.